The van der Waals surface area contributed by atoms with Crippen molar-refractivity contribution in [3.8, 4) is 68.0 Å². The number of rotatable bonds is 6. The van der Waals surface area contributed by atoms with E-state index in [4.69, 9.17) is 4.74 Å². The third-order valence-electron chi connectivity index (χ3n) is 13.8. The Balaban J connectivity index is 1.21. The minimum atomic E-state index is -0.876. The highest BCUT2D eigenvalue weighted by Gasteiger charge is 2.49. The molecule has 0 saturated carbocycles. The van der Waals surface area contributed by atoms with Gasteiger partial charge in [-0.15, -0.1) is 0 Å². The molecule has 0 aliphatic carbocycles. The third-order valence-corrected chi connectivity index (χ3v) is 13.8. The minimum Gasteiger partial charge on any atom is -0.360 e. The Morgan fingerprint density at radius 1 is 0.343 bits per heavy atom. The topological polar surface area (TPSA) is 66.7 Å². The van der Waals surface area contributed by atoms with Crippen molar-refractivity contribution in [2.45, 2.75) is 38.9 Å². The van der Waals surface area contributed by atoms with Crippen molar-refractivity contribution in [2.24, 2.45) is 0 Å². The van der Waals surface area contributed by atoms with E-state index in [1.807, 2.05) is 24.3 Å². The van der Waals surface area contributed by atoms with E-state index in [-0.39, 0.29) is 0 Å². The molecule has 0 spiro atoms. The van der Waals surface area contributed by atoms with Crippen molar-refractivity contribution >= 4 is 43.6 Å². The maximum Gasteiger partial charge on any atom is 0.103 e. The van der Waals surface area contributed by atoms with E-state index in [0.717, 1.165) is 99.2 Å². The van der Waals surface area contributed by atoms with Crippen molar-refractivity contribution in [2.75, 3.05) is 0 Å². The number of hydrogen-bond donors (Lipinski definition) is 0. The molecule has 0 bridgehead atoms. The Labute approximate surface area is 389 Å². The molecule has 0 amide bonds. The molecule has 12 rings (SSSR count). The summed E-state index contributed by atoms with van der Waals surface area (Å²) in [6.07, 6.45) is 0. The predicted molar refractivity (Wildman–Crippen MR) is 273 cm³/mol. The zero-order valence-electron chi connectivity index (χ0n) is 37.7. The van der Waals surface area contributed by atoms with Gasteiger partial charge in [0, 0.05) is 32.7 Å². The number of nitriles is 2. The van der Waals surface area contributed by atoms with Crippen molar-refractivity contribution in [1.82, 2.24) is 9.13 Å². The zero-order valence-corrected chi connectivity index (χ0v) is 37.7. The summed E-state index contributed by atoms with van der Waals surface area (Å²) in [5.41, 5.74) is 14.6. The van der Waals surface area contributed by atoms with Crippen LogP contribution in [0.2, 0.25) is 0 Å². The molecule has 318 valence electrons. The van der Waals surface area contributed by atoms with Crippen LogP contribution in [-0.4, -0.2) is 9.13 Å². The summed E-state index contributed by atoms with van der Waals surface area (Å²) in [5.74, 6) is 0. The fraction of sp³-hybridized carbons (Fsp3) is 0.0968. The molecule has 0 saturated heterocycles. The van der Waals surface area contributed by atoms with E-state index < -0.39 is 11.2 Å². The number of benzene rings is 9. The quantitative estimate of drug-likeness (QED) is 0.167. The number of ether oxygens (including phenoxy) is 1. The second-order valence-corrected chi connectivity index (χ2v) is 18.6. The lowest BCUT2D eigenvalue weighted by Crippen LogP contribution is -2.23. The van der Waals surface area contributed by atoms with Gasteiger partial charge in [-0.1, -0.05) is 146 Å². The highest BCUT2D eigenvalue weighted by atomic mass is 16.5. The summed E-state index contributed by atoms with van der Waals surface area (Å²) in [7, 11) is 0. The number of nitrogens with zero attached hydrogens (tertiary/aromatic N) is 4. The van der Waals surface area contributed by atoms with Gasteiger partial charge in [-0.25, -0.2) is 0 Å². The monoisotopic (exact) mass is 860 g/mol. The van der Waals surface area contributed by atoms with Gasteiger partial charge in [0.05, 0.1) is 55.8 Å². The van der Waals surface area contributed by atoms with Gasteiger partial charge in [-0.3, -0.25) is 0 Å². The summed E-state index contributed by atoms with van der Waals surface area (Å²) in [6.45, 7) is 8.39. The minimum absolute atomic E-state index is 0.306. The molecule has 67 heavy (non-hydrogen) atoms. The van der Waals surface area contributed by atoms with Gasteiger partial charge < -0.3 is 13.9 Å². The Kier molecular flexibility index (Phi) is 8.99. The van der Waals surface area contributed by atoms with Crippen LogP contribution in [0.25, 0.3) is 99.5 Å². The standard InChI is InChI=1S/C62H44N4O/c1-61(2)57-58(62(3,4)67-61)60(66-55-31-27-45(41-21-13-7-14-22-41)35-49(55)50-36-46(28-32-56(50)66)42-23-15-8-16-24-42)52(38-64)51(37-63)59(57)65-53-29-25-43(39-17-9-5-10-18-39)33-47(53)48-34-44(26-30-54(48)65)40-19-11-6-12-20-40/h5-36H,1-4H3. The van der Waals surface area contributed by atoms with Gasteiger partial charge in [0.15, 0.2) is 0 Å². The fourth-order valence-corrected chi connectivity index (χ4v) is 11.1. The third kappa shape index (κ3) is 6.17. The second-order valence-electron chi connectivity index (χ2n) is 18.6. The molecule has 11 aromatic rings. The molecule has 5 nitrogen and oxygen atoms in total. The molecular weight excluding hydrogens is 817 g/mol. The van der Waals surface area contributed by atoms with Crippen molar-refractivity contribution in [3.05, 3.63) is 216 Å². The largest absolute Gasteiger partial charge is 0.360 e. The fourth-order valence-electron chi connectivity index (χ4n) is 11.1. The Hall–Kier alpha value is -8.48. The average molecular weight is 861 g/mol. The molecule has 1 aliphatic rings. The highest BCUT2D eigenvalue weighted by molar-refractivity contribution is 6.14. The van der Waals surface area contributed by atoms with Gasteiger partial charge in [0.25, 0.3) is 0 Å². The van der Waals surface area contributed by atoms with E-state index in [1.165, 1.54) is 0 Å². The lowest BCUT2D eigenvalue weighted by atomic mass is 9.83. The van der Waals surface area contributed by atoms with Gasteiger partial charge >= 0.3 is 0 Å². The van der Waals surface area contributed by atoms with E-state index in [1.54, 1.807) is 0 Å². The van der Waals surface area contributed by atoms with Gasteiger partial charge in [-0.05, 0) is 121 Å². The molecule has 0 atom stereocenters. The first-order valence-corrected chi connectivity index (χ1v) is 22.8. The number of fused-ring (bicyclic) bond motifs is 7. The second kappa shape index (κ2) is 15.0. The molecule has 0 radical (unpaired) electrons. The van der Waals surface area contributed by atoms with Gasteiger partial charge in [0.1, 0.15) is 12.1 Å². The van der Waals surface area contributed by atoms with Crippen LogP contribution in [0.5, 0.6) is 0 Å². The van der Waals surface area contributed by atoms with Crippen LogP contribution in [-0.2, 0) is 15.9 Å². The molecule has 5 heteroatoms. The van der Waals surface area contributed by atoms with Crippen LogP contribution in [0, 0.1) is 22.7 Å². The summed E-state index contributed by atoms with van der Waals surface area (Å²) in [5, 5.41) is 27.6. The first-order valence-electron chi connectivity index (χ1n) is 22.8. The summed E-state index contributed by atoms with van der Waals surface area (Å²) >= 11 is 0. The average Bonchev–Trinajstić information content (AvgIpc) is 3.94. The van der Waals surface area contributed by atoms with Crippen molar-refractivity contribution in [1.29, 1.82) is 10.5 Å². The highest BCUT2D eigenvalue weighted by Crippen LogP contribution is 2.56. The lowest BCUT2D eigenvalue weighted by Gasteiger charge is -2.26. The van der Waals surface area contributed by atoms with Crippen LogP contribution < -0.4 is 0 Å². The SMILES string of the molecule is CC1(C)OC(C)(C)c2c(-n3c4ccc(-c5ccccc5)cc4c4cc(-c5ccccc5)ccc43)c(C#N)c(C#N)c(-n3c4ccc(-c5ccccc5)cc4c4cc(-c5ccccc5)ccc43)c21. The van der Waals surface area contributed by atoms with Crippen LogP contribution in [0.4, 0.5) is 0 Å². The summed E-state index contributed by atoms with van der Waals surface area (Å²) in [6, 6.07) is 73.4. The van der Waals surface area contributed by atoms with E-state index >= 15 is 0 Å². The van der Waals surface area contributed by atoms with Gasteiger partial charge in [-0.2, -0.15) is 10.5 Å². The maximum absolute atomic E-state index is 11.7. The summed E-state index contributed by atoms with van der Waals surface area (Å²) < 4.78 is 11.7. The zero-order chi connectivity index (χ0) is 45.6. The molecule has 0 fully saturated rings. The number of aromatic nitrogens is 2. The Morgan fingerprint density at radius 2 is 0.597 bits per heavy atom. The molecule has 0 unspecified atom stereocenters. The Morgan fingerprint density at radius 3 is 0.836 bits per heavy atom. The van der Waals surface area contributed by atoms with E-state index in [9.17, 15) is 10.5 Å². The lowest BCUT2D eigenvalue weighted by molar-refractivity contribution is -0.105. The van der Waals surface area contributed by atoms with Crippen molar-refractivity contribution in [3.63, 3.8) is 0 Å². The summed E-state index contributed by atoms with van der Waals surface area (Å²) in [4.78, 5) is 0. The molecule has 2 aromatic heterocycles. The molecule has 9 aromatic carbocycles. The predicted octanol–water partition coefficient (Wildman–Crippen LogP) is 15.8. The van der Waals surface area contributed by atoms with E-state index in [2.05, 4.69) is 219 Å². The van der Waals surface area contributed by atoms with Crippen LogP contribution >= 0.6 is 0 Å². The molecular formula is C62H44N4O. The molecule has 1 aliphatic heterocycles. The smallest absolute Gasteiger partial charge is 0.103 e. The van der Waals surface area contributed by atoms with Crippen LogP contribution in [0.3, 0.4) is 0 Å². The number of hydrogen-bond acceptors (Lipinski definition) is 3. The maximum atomic E-state index is 11.7. The van der Waals surface area contributed by atoms with Crippen LogP contribution in [0.1, 0.15) is 49.9 Å². The van der Waals surface area contributed by atoms with Crippen LogP contribution in [0.15, 0.2) is 194 Å². The first kappa shape index (κ1) is 40.1. The first-order chi connectivity index (χ1) is 32.6. The Bertz CT molecular complexity index is 3430. The van der Waals surface area contributed by atoms with E-state index in [0.29, 0.717) is 22.5 Å². The normalized spacial score (nSPS) is 13.8. The molecule has 0 N–H and O–H groups in total. The molecule has 3 heterocycles. The van der Waals surface area contributed by atoms with Gasteiger partial charge in [0.2, 0.25) is 0 Å². The van der Waals surface area contributed by atoms with Crippen molar-refractivity contribution < 1.29 is 4.74 Å².